The summed E-state index contributed by atoms with van der Waals surface area (Å²) in [6, 6.07) is 6.33. The molecule has 0 spiro atoms. The van der Waals surface area contributed by atoms with Gasteiger partial charge in [-0.05, 0) is 54.9 Å². The van der Waals surface area contributed by atoms with Gasteiger partial charge < -0.3 is 20.1 Å². The van der Waals surface area contributed by atoms with Gasteiger partial charge in [-0.25, -0.2) is 8.78 Å². The van der Waals surface area contributed by atoms with E-state index in [1.54, 1.807) is 19.1 Å². The Morgan fingerprint density at radius 1 is 1.07 bits per heavy atom. The Hall–Kier alpha value is -4.22. The van der Waals surface area contributed by atoms with Crippen LogP contribution in [0.5, 0.6) is 5.75 Å². The monoisotopic (exact) mass is 632 g/mol. The van der Waals surface area contributed by atoms with E-state index in [0.717, 1.165) is 11.1 Å². The van der Waals surface area contributed by atoms with Crippen LogP contribution in [0.15, 0.2) is 30.3 Å². The first-order chi connectivity index (χ1) is 20.9. The fraction of sp³-hybridized carbons (Fsp3) is 0.485. The number of Topliss-reactive ketones (excluding diaryl/α,β-unsaturated/α-hetero) is 2. The van der Waals surface area contributed by atoms with Gasteiger partial charge in [0.15, 0.2) is 23.2 Å². The third-order valence-corrected chi connectivity index (χ3v) is 7.93. The van der Waals surface area contributed by atoms with Crippen molar-refractivity contribution in [2.24, 2.45) is 5.41 Å². The fourth-order valence-electron chi connectivity index (χ4n) is 5.41. The molecule has 1 saturated heterocycles. The van der Waals surface area contributed by atoms with Gasteiger partial charge in [0.2, 0.25) is 17.5 Å². The van der Waals surface area contributed by atoms with Gasteiger partial charge in [0, 0.05) is 19.5 Å². The van der Waals surface area contributed by atoms with Crippen molar-refractivity contribution in [3.63, 3.8) is 0 Å². The number of aliphatic carboxylic acids is 1. The van der Waals surface area contributed by atoms with Crippen molar-refractivity contribution in [2.75, 3.05) is 19.7 Å². The number of hydrogen-bond donors (Lipinski definition) is 2. The number of amides is 2. The number of ketones is 2. The van der Waals surface area contributed by atoms with Crippen molar-refractivity contribution in [3.8, 4) is 5.75 Å². The molecule has 244 valence electrons. The molecule has 0 bridgehead atoms. The molecule has 0 aliphatic carbocycles. The van der Waals surface area contributed by atoms with Crippen LogP contribution in [-0.4, -0.2) is 65.1 Å². The molecule has 1 heterocycles. The summed E-state index contributed by atoms with van der Waals surface area (Å²) >= 11 is 0. The van der Waals surface area contributed by atoms with Crippen molar-refractivity contribution in [1.29, 1.82) is 0 Å². The van der Waals surface area contributed by atoms with Crippen LogP contribution in [0.3, 0.4) is 0 Å². The normalized spacial score (nSPS) is 17.6. The van der Waals surface area contributed by atoms with Gasteiger partial charge in [0.1, 0.15) is 12.6 Å². The third-order valence-electron chi connectivity index (χ3n) is 7.93. The van der Waals surface area contributed by atoms with E-state index in [0.29, 0.717) is 18.9 Å². The summed E-state index contributed by atoms with van der Waals surface area (Å²) in [4.78, 5) is 65.8. The van der Waals surface area contributed by atoms with Crippen LogP contribution in [0.25, 0.3) is 0 Å². The molecule has 12 heteroatoms. The molecule has 0 aromatic heterocycles. The van der Waals surface area contributed by atoms with Crippen molar-refractivity contribution < 1.29 is 47.0 Å². The van der Waals surface area contributed by atoms with Gasteiger partial charge >= 0.3 is 5.97 Å². The molecule has 1 fully saturated rings. The van der Waals surface area contributed by atoms with Crippen LogP contribution in [-0.2, 0) is 35.8 Å². The molecule has 9 nitrogen and oxygen atoms in total. The van der Waals surface area contributed by atoms with Crippen LogP contribution in [0, 0.1) is 29.8 Å². The lowest BCUT2D eigenvalue weighted by atomic mass is 9.82. The minimum atomic E-state index is -1.66. The molecule has 2 aromatic rings. The first-order valence-corrected chi connectivity index (χ1v) is 14.7. The summed E-state index contributed by atoms with van der Waals surface area (Å²) in [5.74, 6) is -10.0. The first-order valence-electron chi connectivity index (χ1n) is 14.7. The quantitative estimate of drug-likeness (QED) is 0.277. The lowest BCUT2D eigenvalue weighted by molar-refractivity contribution is -0.147. The highest BCUT2D eigenvalue weighted by Crippen LogP contribution is 2.31. The Balaban J connectivity index is 1.75. The molecule has 2 atom stereocenters. The van der Waals surface area contributed by atoms with E-state index < -0.39 is 77.0 Å². The Morgan fingerprint density at radius 2 is 1.73 bits per heavy atom. The number of carboxylic acid groups (broad SMARTS) is 1. The van der Waals surface area contributed by atoms with Crippen molar-refractivity contribution in [2.45, 2.75) is 78.2 Å². The topological polar surface area (TPSA) is 130 Å². The minimum Gasteiger partial charge on any atom is -0.481 e. The highest BCUT2D eigenvalue weighted by Gasteiger charge is 2.41. The van der Waals surface area contributed by atoms with Gasteiger partial charge in [0.25, 0.3) is 5.91 Å². The van der Waals surface area contributed by atoms with E-state index >= 15 is 0 Å². The molecule has 0 saturated carbocycles. The van der Waals surface area contributed by atoms with Crippen LogP contribution < -0.4 is 10.1 Å². The molecule has 2 amide bonds. The first kappa shape index (κ1) is 35.3. The van der Waals surface area contributed by atoms with Crippen molar-refractivity contribution >= 4 is 29.4 Å². The molecule has 0 unspecified atom stereocenters. The number of aryl methyl sites for hydroxylation is 1. The Labute approximate surface area is 260 Å². The summed E-state index contributed by atoms with van der Waals surface area (Å²) in [6.45, 7) is 7.74. The number of likely N-dealkylation sites (tertiary alicyclic amines) is 1. The minimum absolute atomic E-state index is 0.118. The zero-order chi connectivity index (χ0) is 33.7. The Morgan fingerprint density at radius 3 is 2.38 bits per heavy atom. The maximum atomic E-state index is 14.3. The highest BCUT2D eigenvalue weighted by atomic mass is 19.2. The second-order valence-corrected chi connectivity index (χ2v) is 12.8. The van der Waals surface area contributed by atoms with Crippen LogP contribution >= 0.6 is 0 Å². The van der Waals surface area contributed by atoms with Gasteiger partial charge in [-0.1, -0.05) is 51.5 Å². The van der Waals surface area contributed by atoms with E-state index in [1.165, 1.54) is 11.8 Å². The van der Waals surface area contributed by atoms with Crippen LogP contribution in [0.2, 0.25) is 0 Å². The number of carbonyl (C=O) groups is 5. The average molecular weight is 633 g/mol. The second-order valence-electron chi connectivity index (χ2n) is 12.8. The van der Waals surface area contributed by atoms with E-state index in [-0.39, 0.29) is 36.9 Å². The van der Waals surface area contributed by atoms with Crippen LogP contribution in [0.1, 0.15) is 70.1 Å². The summed E-state index contributed by atoms with van der Waals surface area (Å²) in [5.41, 5.74) is -0.173. The molecular weight excluding hydrogens is 593 g/mol. The molecule has 0 radical (unpaired) electrons. The highest BCUT2D eigenvalue weighted by molar-refractivity contribution is 6.36. The lowest BCUT2D eigenvalue weighted by Crippen LogP contribution is -2.53. The predicted molar refractivity (Wildman–Crippen MR) is 158 cm³/mol. The zero-order valence-electron chi connectivity index (χ0n) is 26.1. The van der Waals surface area contributed by atoms with Gasteiger partial charge in [-0.15, -0.1) is 0 Å². The Kier molecular flexibility index (Phi) is 11.2. The van der Waals surface area contributed by atoms with Crippen LogP contribution in [0.4, 0.5) is 13.2 Å². The maximum Gasteiger partial charge on any atom is 0.305 e. The number of nitrogens with one attached hydrogen (secondary N) is 1. The standard InChI is InChI=1S/C33H39F3N2O7/c1-19-14-22(34)28(36)29(27(19)35)45-17-25(40)23(16-26(41)42)37-31(44)33(5)12-8-9-13-38(18-33)30(43)24(39)15-20-10-6-7-11-21(20)32(2,3)4/h6-7,10-11,14,23H,8-9,12-13,15-18H2,1-5H3,(H,37,44)(H,41,42)/t23-,33-/m0/s1. The molecular formula is C33H39F3N2O7. The Bertz CT molecular complexity index is 1460. The van der Waals surface area contributed by atoms with E-state index in [2.05, 4.69) is 5.32 Å². The summed E-state index contributed by atoms with van der Waals surface area (Å²) in [6.07, 6.45) is 0.300. The van der Waals surface area contributed by atoms with Crippen molar-refractivity contribution in [1.82, 2.24) is 10.2 Å². The zero-order valence-corrected chi connectivity index (χ0v) is 26.1. The largest absolute Gasteiger partial charge is 0.481 e. The average Bonchev–Trinajstić information content (AvgIpc) is 3.17. The van der Waals surface area contributed by atoms with Gasteiger partial charge in [0.05, 0.1) is 11.8 Å². The van der Waals surface area contributed by atoms with E-state index in [9.17, 15) is 42.3 Å². The maximum absolute atomic E-state index is 14.3. The number of halogens is 3. The number of hydrogen-bond acceptors (Lipinski definition) is 6. The van der Waals surface area contributed by atoms with Gasteiger partial charge in [-0.3, -0.25) is 24.0 Å². The molecule has 1 aliphatic heterocycles. The number of ether oxygens (including phenoxy) is 1. The number of carboxylic acids is 1. The third kappa shape index (κ3) is 8.70. The smallest absolute Gasteiger partial charge is 0.305 e. The van der Waals surface area contributed by atoms with Gasteiger partial charge in [-0.2, -0.15) is 4.39 Å². The number of benzene rings is 2. The number of rotatable bonds is 11. The SMILES string of the molecule is Cc1cc(F)c(F)c(OCC(=O)[C@H](CC(=O)O)NC(=O)[C@@]2(C)CCCCN(C(=O)C(=O)Cc3ccccc3C(C)(C)C)C2)c1F. The lowest BCUT2D eigenvalue weighted by Gasteiger charge is -2.33. The molecule has 2 aromatic carbocycles. The predicted octanol–water partition coefficient (Wildman–Crippen LogP) is 4.45. The molecule has 3 rings (SSSR count). The number of carbonyl (C=O) groups excluding carboxylic acids is 4. The molecule has 2 N–H and O–H groups in total. The fourth-order valence-corrected chi connectivity index (χ4v) is 5.41. The summed E-state index contributed by atoms with van der Waals surface area (Å²) < 4.78 is 47.1. The number of nitrogens with zero attached hydrogens (tertiary/aromatic N) is 1. The summed E-state index contributed by atoms with van der Waals surface area (Å²) in [7, 11) is 0. The van der Waals surface area contributed by atoms with E-state index in [4.69, 9.17) is 4.74 Å². The van der Waals surface area contributed by atoms with E-state index in [1.807, 2.05) is 32.9 Å². The molecule has 45 heavy (non-hydrogen) atoms. The summed E-state index contributed by atoms with van der Waals surface area (Å²) in [5, 5.41) is 11.8. The molecule has 1 aliphatic rings. The second kappa shape index (κ2) is 14.3. The van der Waals surface area contributed by atoms with Crippen molar-refractivity contribution in [3.05, 3.63) is 64.5 Å².